The number of nitrogens with zero attached hydrogens (tertiary/aromatic N) is 3. The van der Waals surface area contributed by atoms with Crippen molar-refractivity contribution in [3.05, 3.63) is 45.2 Å². The smallest absolute Gasteiger partial charge is 0.414 e. The molecule has 1 aromatic heterocycles. The highest BCUT2D eigenvalue weighted by Crippen LogP contribution is 2.60. The van der Waals surface area contributed by atoms with Crippen molar-refractivity contribution in [1.29, 1.82) is 0 Å². The van der Waals surface area contributed by atoms with E-state index in [0.29, 0.717) is 25.9 Å². The van der Waals surface area contributed by atoms with Gasteiger partial charge in [0.2, 0.25) is 5.78 Å². The number of nitrogens with one attached hydrogen (secondary N) is 1. The number of allylic oxidation sites excluding steroid dienone is 1. The van der Waals surface area contributed by atoms with Gasteiger partial charge in [0.05, 0.1) is 30.5 Å². The number of halogens is 1. The number of hydrogen-bond acceptors (Lipinski definition) is 12. The molecule has 1 unspecified atom stereocenters. The maximum atomic E-state index is 17.7. The van der Waals surface area contributed by atoms with Gasteiger partial charge in [-0.15, -0.1) is 0 Å². The number of aromatic nitrogens is 1. The van der Waals surface area contributed by atoms with Crippen LogP contribution >= 0.6 is 0 Å². The van der Waals surface area contributed by atoms with Crippen molar-refractivity contribution in [1.82, 2.24) is 15.4 Å². The van der Waals surface area contributed by atoms with Crippen molar-refractivity contribution in [3.8, 4) is 11.6 Å². The zero-order chi connectivity index (χ0) is 43.6. The molecular formula is C44H65FN4O9Si. The zero-order valence-corrected chi connectivity index (χ0v) is 38.3. The number of rotatable bonds is 12. The summed E-state index contributed by atoms with van der Waals surface area (Å²) in [5.41, 5.74) is -2.34. The molecule has 6 rings (SSSR count). The predicted molar refractivity (Wildman–Crippen MR) is 225 cm³/mol. The molecule has 1 aromatic carbocycles. The number of fused-ring (bicyclic) bond motifs is 5. The number of aliphatic hydroxyl groups is 1. The van der Waals surface area contributed by atoms with Gasteiger partial charge in [-0.2, -0.15) is 0 Å². The highest BCUT2D eigenvalue weighted by Gasteiger charge is 2.67. The van der Waals surface area contributed by atoms with E-state index in [2.05, 4.69) is 10.5 Å². The third-order valence-electron chi connectivity index (χ3n) is 12.9. The second-order valence-corrected chi connectivity index (χ2v) is 24.0. The van der Waals surface area contributed by atoms with E-state index in [-0.39, 0.29) is 76.9 Å². The van der Waals surface area contributed by atoms with Crippen molar-refractivity contribution >= 4 is 31.7 Å². The number of Topliss-reactive ketones (excluding diaryl/α,β-unsaturated/α-hetero) is 2. The summed E-state index contributed by atoms with van der Waals surface area (Å²) < 4.78 is 49.2. The van der Waals surface area contributed by atoms with Crippen molar-refractivity contribution in [3.63, 3.8) is 0 Å². The molecular weight excluding hydrogens is 776 g/mol. The number of aliphatic hydroxyl groups excluding tert-OH is 1. The fraction of sp³-hybridized carbons (Fsp3) is 0.682. The first-order valence-corrected chi connectivity index (χ1v) is 24.2. The van der Waals surface area contributed by atoms with Crippen LogP contribution in [0.1, 0.15) is 144 Å². The molecule has 13 nitrogen and oxygen atoms in total. The van der Waals surface area contributed by atoms with Crippen LogP contribution in [-0.4, -0.2) is 93.2 Å². The van der Waals surface area contributed by atoms with Crippen molar-refractivity contribution in [2.45, 2.75) is 142 Å². The van der Waals surface area contributed by atoms with Crippen LogP contribution in [0.2, 0.25) is 18.1 Å². The lowest BCUT2D eigenvalue weighted by atomic mass is 9.58. The minimum Gasteiger partial charge on any atom is -0.508 e. The predicted octanol–water partition coefficient (Wildman–Crippen LogP) is 9.02. The third-order valence-corrected chi connectivity index (χ3v) is 17.4. The molecule has 15 heteroatoms. The quantitative estimate of drug-likeness (QED) is 0.155. The molecule has 0 radical (unpaired) electrons. The van der Waals surface area contributed by atoms with Crippen LogP contribution in [0.15, 0.2) is 15.9 Å². The van der Waals surface area contributed by atoms with Gasteiger partial charge < -0.3 is 38.5 Å². The molecule has 0 saturated heterocycles. The molecule has 326 valence electrons. The molecule has 2 N–H and O–H groups in total. The van der Waals surface area contributed by atoms with Crippen LogP contribution in [0.25, 0.3) is 0 Å². The SMILES string of the molecule is CCCCOc1noc2c1C(=O)[C@@]1(O[Si](C)(C)C(C)(C)C)C(O)=C3C(=O)c4c(c(F)c5c(c4OCCCC)N(C(=O)OC(C)(C)C)CCC5N(C)C)C[C@H]3C[C@H]1[C@@H]2NC. The van der Waals surface area contributed by atoms with E-state index in [4.69, 9.17) is 23.2 Å². The van der Waals surface area contributed by atoms with Crippen molar-refractivity contribution < 1.29 is 47.0 Å². The Balaban J connectivity index is 1.64. The Kier molecular flexibility index (Phi) is 12.3. The summed E-state index contributed by atoms with van der Waals surface area (Å²) in [6.45, 7) is 20.1. The lowest BCUT2D eigenvalue weighted by molar-refractivity contribution is -0.0314. The van der Waals surface area contributed by atoms with Crippen LogP contribution in [0.3, 0.4) is 0 Å². The number of anilines is 1. The number of benzene rings is 1. The Morgan fingerprint density at radius 3 is 2.29 bits per heavy atom. The molecule has 0 fully saturated rings. The molecule has 0 bridgehead atoms. The fourth-order valence-electron chi connectivity index (χ4n) is 8.95. The molecule has 5 atom stereocenters. The number of carbonyl (C=O) groups excluding carboxylic acids is 3. The van der Waals surface area contributed by atoms with E-state index in [9.17, 15) is 9.90 Å². The highest BCUT2D eigenvalue weighted by molar-refractivity contribution is 6.74. The van der Waals surface area contributed by atoms with Crippen LogP contribution in [-0.2, 0) is 15.6 Å². The van der Waals surface area contributed by atoms with Gasteiger partial charge in [-0.05, 0) is 103 Å². The van der Waals surface area contributed by atoms with Gasteiger partial charge >= 0.3 is 6.09 Å². The molecule has 2 aromatic rings. The lowest BCUT2D eigenvalue weighted by Gasteiger charge is -2.54. The van der Waals surface area contributed by atoms with Crippen molar-refractivity contribution in [2.75, 3.05) is 45.8 Å². The largest absolute Gasteiger partial charge is 0.508 e. The number of ketones is 2. The summed E-state index contributed by atoms with van der Waals surface area (Å²) >= 11 is 0. The Hall–Kier alpha value is -3.79. The minimum atomic E-state index is -2.95. The summed E-state index contributed by atoms with van der Waals surface area (Å²) in [6, 6.07) is -1.13. The van der Waals surface area contributed by atoms with E-state index in [1.807, 2.05) is 66.7 Å². The van der Waals surface area contributed by atoms with Gasteiger partial charge in [-0.3, -0.25) is 14.5 Å². The van der Waals surface area contributed by atoms with Gasteiger partial charge in [0.25, 0.3) is 5.88 Å². The number of amides is 1. The fourth-order valence-corrected chi connectivity index (χ4v) is 10.4. The van der Waals surface area contributed by atoms with Gasteiger partial charge in [0, 0.05) is 35.2 Å². The maximum Gasteiger partial charge on any atom is 0.414 e. The Morgan fingerprint density at radius 2 is 1.71 bits per heavy atom. The monoisotopic (exact) mass is 840 g/mol. The van der Waals surface area contributed by atoms with Gasteiger partial charge in [0.1, 0.15) is 22.7 Å². The zero-order valence-electron chi connectivity index (χ0n) is 37.3. The normalized spacial score (nSPS) is 24.4. The molecule has 3 aliphatic carbocycles. The Bertz CT molecular complexity index is 2010. The second-order valence-electron chi connectivity index (χ2n) is 19.3. The Labute approximate surface area is 349 Å². The van der Waals surface area contributed by atoms with Crippen LogP contribution in [0.4, 0.5) is 14.9 Å². The highest BCUT2D eigenvalue weighted by atomic mass is 28.4. The van der Waals surface area contributed by atoms with E-state index in [0.717, 1.165) is 12.8 Å². The molecule has 59 heavy (non-hydrogen) atoms. The summed E-state index contributed by atoms with van der Waals surface area (Å²) in [5, 5.41) is 20.1. The van der Waals surface area contributed by atoms with Crippen LogP contribution < -0.4 is 19.7 Å². The van der Waals surface area contributed by atoms with E-state index >= 15 is 14.0 Å². The average molecular weight is 841 g/mol. The first-order valence-electron chi connectivity index (χ1n) is 21.3. The van der Waals surface area contributed by atoms with Crippen LogP contribution in [0.5, 0.6) is 11.6 Å². The lowest BCUT2D eigenvalue weighted by Crippen LogP contribution is -2.65. The summed E-state index contributed by atoms with van der Waals surface area (Å²) in [4.78, 5) is 48.2. The average Bonchev–Trinajstić information content (AvgIpc) is 3.56. The summed E-state index contributed by atoms with van der Waals surface area (Å²) in [7, 11) is 2.51. The van der Waals surface area contributed by atoms with Gasteiger partial charge in [-0.25, -0.2) is 9.18 Å². The minimum absolute atomic E-state index is 0.00795. The molecule has 2 heterocycles. The standard InChI is InChI=1S/C44H65FN4O9Si/c1-14-16-20-54-37-29-25(32(45)30-27(48(10)11)18-19-49(34(30)37)41(53)56-42(3,4)5)22-24-23-26-33(46-9)36-31(40(47-57-36)55-21-17-15-2)39(52)44(26,38(51)28(24)35(29)50)58-59(12,13)43(6,7)8/h24,26-27,33,46,51H,14-23H2,1-13H3/t24-,26-,27?,33-,44-/m0/s1. The molecule has 1 amide bonds. The first-order chi connectivity index (χ1) is 27.6. The number of carbonyl (C=O) groups is 3. The topological polar surface area (TPSA) is 153 Å². The number of ether oxygens (including phenoxy) is 3. The first kappa shape index (κ1) is 44.8. The van der Waals surface area contributed by atoms with E-state index in [1.165, 1.54) is 4.90 Å². The van der Waals surface area contributed by atoms with E-state index < -0.39 is 77.7 Å². The summed E-state index contributed by atoms with van der Waals surface area (Å²) in [5.74, 6) is -3.49. The molecule has 0 spiro atoms. The maximum absolute atomic E-state index is 17.7. The number of hydrogen-bond donors (Lipinski definition) is 2. The van der Waals surface area contributed by atoms with Gasteiger partial charge in [0.15, 0.2) is 31.2 Å². The number of unbranched alkanes of at least 4 members (excludes halogenated alkanes) is 2. The van der Waals surface area contributed by atoms with Crippen molar-refractivity contribution in [2.24, 2.45) is 11.8 Å². The Morgan fingerprint density at radius 1 is 1.07 bits per heavy atom. The molecule has 4 aliphatic rings. The van der Waals surface area contributed by atoms with Crippen LogP contribution in [0, 0.1) is 17.7 Å². The van der Waals surface area contributed by atoms with E-state index in [1.54, 1.807) is 27.8 Å². The third kappa shape index (κ3) is 7.52. The molecule has 0 saturated carbocycles. The van der Waals surface area contributed by atoms with Gasteiger partial charge in [-0.1, -0.05) is 47.5 Å². The second kappa shape index (κ2) is 16.2. The molecule has 1 aliphatic heterocycles. The summed E-state index contributed by atoms with van der Waals surface area (Å²) in [6.07, 6.45) is 2.91.